The molecule has 1 aliphatic heterocycles. The van der Waals surface area contributed by atoms with Gasteiger partial charge in [0.15, 0.2) is 0 Å². The predicted molar refractivity (Wildman–Crippen MR) is 89.1 cm³/mol. The van der Waals surface area contributed by atoms with Crippen molar-refractivity contribution in [3.05, 3.63) is 65.4 Å². The Hall–Kier alpha value is -2.26. The van der Waals surface area contributed by atoms with Gasteiger partial charge in [0.25, 0.3) is 0 Å². The van der Waals surface area contributed by atoms with Crippen molar-refractivity contribution < 1.29 is 4.74 Å². The monoisotopic (exact) mass is 292 g/mol. The largest absolute Gasteiger partial charge is 0.497 e. The molecule has 0 saturated heterocycles. The average Bonchev–Trinajstić information content (AvgIpc) is 2.93. The molecule has 3 heteroatoms. The Labute approximate surface area is 130 Å². The number of hydrogen-bond donors (Lipinski definition) is 1. The number of hydrogen-bond acceptors (Lipinski definition) is 2. The minimum absolute atomic E-state index is 0.925. The van der Waals surface area contributed by atoms with E-state index in [2.05, 4.69) is 52.3 Å². The van der Waals surface area contributed by atoms with Gasteiger partial charge in [0.1, 0.15) is 5.75 Å². The van der Waals surface area contributed by atoms with Crippen LogP contribution < -0.4 is 4.74 Å². The first-order chi connectivity index (χ1) is 10.8. The van der Waals surface area contributed by atoms with Crippen LogP contribution in [0.4, 0.5) is 0 Å². The summed E-state index contributed by atoms with van der Waals surface area (Å²) in [4.78, 5) is 6.09. The lowest BCUT2D eigenvalue weighted by Crippen LogP contribution is -2.29. The van der Waals surface area contributed by atoms with Gasteiger partial charge < -0.3 is 9.72 Å². The molecule has 0 fully saturated rings. The van der Waals surface area contributed by atoms with Crippen molar-refractivity contribution in [2.45, 2.75) is 19.5 Å². The Morgan fingerprint density at radius 2 is 2.00 bits per heavy atom. The third-order valence-electron chi connectivity index (χ3n) is 4.51. The number of ether oxygens (including phenoxy) is 1. The number of aromatic amines is 1. The van der Waals surface area contributed by atoms with Gasteiger partial charge in [0.2, 0.25) is 0 Å². The van der Waals surface area contributed by atoms with Gasteiger partial charge in [-0.15, -0.1) is 0 Å². The van der Waals surface area contributed by atoms with E-state index in [1.54, 1.807) is 7.11 Å². The molecule has 1 aliphatic rings. The minimum Gasteiger partial charge on any atom is -0.497 e. The third kappa shape index (κ3) is 2.38. The first kappa shape index (κ1) is 13.4. The molecule has 1 N–H and O–H groups in total. The molecule has 0 bridgehead atoms. The zero-order chi connectivity index (χ0) is 14.9. The molecule has 0 radical (unpaired) electrons. The molecule has 0 spiro atoms. The number of fused-ring (bicyclic) bond motifs is 3. The van der Waals surface area contributed by atoms with Crippen LogP contribution >= 0.6 is 0 Å². The van der Waals surface area contributed by atoms with Crippen molar-refractivity contribution in [1.29, 1.82) is 0 Å². The summed E-state index contributed by atoms with van der Waals surface area (Å²) in [5.74, 6) is 0.925. The van der Waals surface area contributed by atoms with Crippen LogP contribution in [0.2, 0.25) is 0 Å². The van der Waals surface area contributed by atoms with Gasteiger partial charge in [-0.2, -0.15) is 0 Å². The molecule has 0 amide bonds. The highest BCUT2D eigenvalue weighted by atomic mass is 16.5. The summed E-state index contributed by atoms with van der Waals surface area (Å²) < 4.78 is 5.38. The number of rotatable bonds is 3. The van der Waals surface area contributed by atoms with Crippen LogP contribution in [0.25, 0.3) is 10.9 Å². The molecule has 3 aromatic rings. The lowest BCUT2D eigenvalue weighted by molar-refractivity contribution is 0.245. The number of methoxy groups -OCH3 is 1. The lowest BCUT2D eigenvalue weighted by Gasteiger charge is -2.27. The minimum atomic E-state index is 0.925. The van der Waals surface area contributed by atoms with Gasteiger partial charge in [0, 0.05) is 42.7 Å². The van der Waals surface area contributed by atoms with Crippen molar-refractivity contribution in [2.24, 2.45) is 0 Å². The maximum atomic E-state index is 5.38. The molecule has 3 nitrogen and oxygen atoms in total. The molecule has 0 unspecified atom stereocenters. The van der Waals surface area contributed by atoms with Crippen LogP contribution in [-0.2, 0) is 19.5 Å². The highest BCUT2D eigenvalue weighted by Gasteiger charge is 2.20. The Morgan fingerprint density at radius 3 is 2.82 bits per heavy atom. The number of aromatic nitrogens is 1. The van der Waals surface area contributed by atoms with E-state index in [1.807, 2.05) is 6.07 Å². The summed E-state index contributed by atoms with van der Waals surface area (Å²) in [6.07, 6.45) is 1.08. The smallest absolute Gasteiger partial charge is 0.119 e. The van der Waals surface area contributed by atoms with Gasteiger partial charge in [-0.05, 0) is 29.3 Å². The number of nitrogens with one attached hydrogen (secondary N) is 1. The highest BCUT2D eigenvalue weighted by Crippen LogP contribution is 2.30. The van der Waals surface area contributed by atoms with E-state index in [0.717, 1.165) is 31.8 Å². The quantitative estimate of drug-likeness (QED) is 0.796. The van der Waals surface area contributed by atoms with Crippen molar-refractivity contribution in [3.63, 3.8) is 0 Å². The van der Waals surface area contributed by atoms with E-state index < -0.39 is 0 Å². The van der Waals surface area contributed by atoms with Crippen LogP contribution in [0.15, 0.2) is 48.5 Å². The summed E-state index contributed by atoms with van der Waals surface area (Å²) in [6, 6.07) is 17.0. The highest BCUT2D eigenvalue weighted by molar-refractivity contribution is 5.86. The first-order valence-corrected chi connectivity index (χ1v) is 7.77. The summed E-state index contributed by atoms with van der Waals surface area (Å²) >= 11 is 0. The van der Waals surface area contributed by atoms with Crippen LogP contribution in [0.5, 0.6) is 5.75 Å². The molecule has 0 aliphatic carbocycles. The molecule has 2 aromatic carbocycles. The van der Waals surface area contributed by atoms with Crippen molar-refractivity contribution in [1.82, 2.24) is 9.88 Å². The van der Waals surface area contributed by atoms with Crippen molar-refractivity contribution in [3.8, 4) is 5.75 Å². The molecule has 1 aromatic heterocycles. The molecule has 2 heterocycles. The number of H-pyrrole nitrogens is 1. The van der Waals surface area contributed by atoms with E-state index in [0.29, 0.717) is 0 Å². The van der Waals surface area contributed by atoms with Crippen molar-refractivity contribution >= 4 is 10.9 Å². The SMILES string of the molecule is COc1ccc2[nH]c3c(c2c1)CN(Cc1ccccc1)CC3. The molecule has 112 valence electrons. The fourth-order valence-electron chi connectivity index (χ4n) is 3.35. The Kier molecular flexibility index (Phi) is 3.35. The molecule has 0 atom stereocenters. The molecular formula is C19H20N2O. The second kappa shape index (κ2) is 5.50. The zero-order valence-corrected chi connectivity index (χ0v) is 12.8. The van der Waals surface area contributed by atoms with Crippen LogP contribution in [0, 0.1) is 0 Å². The van der Waals surface area contributed by atoms with E-state index >= 15 is 0 Å². The molecule has 0 saturated carbocycles. The fraction of sp³-hybridized carbons (Fsp3) is 0.263. The van der Waals surface area contributed by atoms with E-state index in [4.69, 9.17) is 4.74 Å². The number of nitrogens with zero attached hydrogens (tertiary/aromatic N) is 1. The van der Waals surface area contributed by atoms with Gasteiger partial charge >= 0.3 is 0 Å². The maximum Gasteiger partial charge on any atom is 0.119 e. The van der Waals surface area contributed by atoms with Crippen LogP contribution in [0.3, 0.4) is 0 Å². The average molecular weight is 292 g/mol. The predicted octanol–water partition coefficient (Wildman–Crippen LogP) is 3.73. The van der Waals surface area contributed by atoms with Crippen LogP contribution in [0.1, 0.15) is 16.8 Å². The first-order valence-electron chi connectivity index (χ1n) is 7.77. The van der Waals surface area contributed by atoms with E-state index in [1.165, 1.54) is 27.7 Å². The Bertz CT molecular complexity index is 792. The second-order valence-electron chi connectivity index (χ2n) is 5.94. The Balaban J connectivity index is 1.64. The van der Waals surface area contributed by atoms with E-state index in [-0.39, 0.29) is 0 Å². The lowest BCUT2D eigenvalue weighted by atomic mass is 10.0. The Morgan fingerprint density at radius 1 is 1.14 bits per heavy atom. The summed E-state index contributed by atoms with van der Waals surface area (Å²) in [5, 5.41) is 1.30. The number of benzene rings is 2. The molecular weight excluding hydrogens is 272 g/mol. The third-order valence-corrected chi connectivity index (χ3v) is 4.51. The van der Waals surface area contributed by atoms with Gasteiger partial charge in [-0.25, -0.2) is 0 Å². The van der Waals surface area contributed by atoms with Gasteiger partial charge in [0.05, 0.1) is 7.11 Å². The van der Waals surface area contributed by atoms with E-state index in [9.17, 15) is 0 Å². The van der Waals surface area contributed by atoms with Crippen molar-refractivity contribution in [2.75, 3.05) is 13.7 Å². The fourth-order valence-corrected chi connectivity index (χ4v) is 3.35. The second-order valence-corrected chi connectivity index (χ2v) is 5.94. The summed E-state index contributed by atoms with van der Waals surface area (Å²) in [5.41, 5.74) is 5.40. The zero-order valence-electron chi connectivity index (χ0n) is 12.8. The maximum absolute atomic E-state index is 5.38. The topological polar surface area (TPSA) is 28.3 Å². The normalized spacial score (nSPS) is 15.0. The van der Waals surface area contributed by atoms with Crippen LogP contribution in [-0.4, -0.2) is 23.5 Å². The molecule has 22 heavy (non-hydrogen) atoms. The van der Waals surface area contributed by atoms with Gasteiger partial charge in [-0.1, -0.05) is 30.3 Å². The summed E-state index contributed by atoms with van der Waals surface area (Å²) in [6.45, 7) is 3.11. The van der Waals surface area contributed by atoms with Gasteiger partial charge in [-0.3, -0.25) is 4.90 Å². The molecule has 4 rings (SSSR count). The standard InChI is InChI=1S/C19H20N2O/c1-22-15-7-8-18-16(11-15)17-13-21(10-9-19(17)20-18)12-14-5-3-2-4-6-14/h2-8,11,20H,9-10,12-13H2,1H3. The summed E-state index contributed by atoms with van der Waals surface area (Å²) in [7, 11) is 1.72.